The van der Waals surface area contributed by atoms with Gasteiger partial charge in [0.2, 0.25) is 0 Å². The van der Waals surface area contributed by atoms with Crippen LogP contribution in [0.3, 0.4) is 0 Å². The van der Waals surface area contributed by atoms with Crippen molar-refractivity contribution in [3.05, 3.63) is 62.1 Å². The van der Waals surface area contributed by atoms with Gasteiger partial charge >= 0.3 is 0 Å². The third-order valence-corrected chi connectivity index (χ3v) is 7.38. The monoisotopic (exact) mass is 466 g/mol. The average molecular weight is 467 g/mol. The van der Waals surface area contributed by atoms with Gasteiger partial charge in [-0.1, -0.05) is 6.92 Å². The van der Waals surface area contributed by atoms with Crippen molar-refractivity contribution in [3.8, 4) is 0 Å². The molecule has 3 rings (SSSR count). The van der Waals surface area contributed by atoms with Gasteiger partial charge in [0, 0.05) is 47.7 Å². The molecule has 0 spiro atoms. The number of pyridine rings is 1. The normalized spacial score (nSPS) is 18.2. The maximum Gasteiger partial charge on any atom is 0.253 e. The van der Waals surface area contributed by atoms with Crippen molar-refractivity contribution in [1.82, 2.24) is 15.2 Å². The average Bonchev–Trinajstić information content (AvgIpc) is 2.78. The van der Waals surface area contributed by atoms with E-state index in [4.69, 9.17) is 0 Å². The Morgan fingerprint density at radius 3 is 2.21 bits per heavy atom. The number of nitrogens with one attached hydrogen (secondary N) is 2. The van der Waals surface area contributed by atoms with Crippen LogP contribution in [0.2, 0.25) is 0 Å². The Hall–Kier alpha value is -2.60. The van der Waals surface area contributed by atoms with Gasteiger partial charge in [-0.25, -0.2) is 0 Å². The number of carbonyl (C=O) groups excluding carboxylic acids is 1. The molecule has 1 saturated carbocycles. The Balaban J connectivity index is 1.86. The summed E-state index contributed by atoms with van der Waals surface area (Å²) < 4.78 is 0. The molecule has 0 aliphatic heterocycles. The molecule has 0 saturated heterocycles. The van der Waals surface area contributed by atoms with Gasteiger partial charge in [0.1, 0.15) is 0 Å². The number of hydrogen-bond donors (Lipinski definition) is 2. The molecule has 6 heteroatoms. The summed E-state index contributed by atoms with van der Waals surface area (Å²) >= 11 is 0. The summed E-state index contributed by atoms with van der Waals surface area (Å²) in [5.41, 5.74) is 6.28. The van der Waals surface area contributed by atoms with Gasteiger partial charge in [-0.2, -0.15) is 0 Å². The highest BCUT2D eigenvalue weighted by Gasteiger charge is 2.28. The lowest BCUT2D eigenvalue weighted by atomic mass is 9.88. The van der Waals surface area contributed by atoms with E-state index >= 15 is 0 Å². The zero-order chi connectivity index (χ0) is 25.0. The van der Waals surface area contributed by atoms with E-state index in [-0.39, 0.29) is 18.0 Å². The number of aromatic amines is 1. The first kappa shape index (κ1) is 26.0. The van der Waals surface area contributed by atoms with Crippen LogP contribution in [0.25, 0.3) is 0 Å². The third-order valence-electron chi connectivity index (χ3n) is 7.38. The Morgan fingerprint density at radius 2 is 1.65 bits per heavy atom. The predicted octanol–water partition coefficient (Wildman–Crippen LogP) is 4.49. The number of nitrogens with zero attached hydrogens (tertiary/aromatic N) is 2. The lowest BCUT2D eigenvalue weighted by molar-refractivity contribution is 0.0949. The van der Waals surface area contributed by atoms with E-state index in [1.165, 1.54) is 31.4 Å². The fraction of sp³-hybridized carbons (Fsp3) is 0.571. The molecule has 2 aromatic rings. The van der Waals surface area contributed by atoms with Gasteiger partial charge in [0.05, 0.1) is 0 Å². The lowest BCUT2D eigenvalue weighted by Gasteiger charge is -2.40. The van der Waals surface area contributed by atoms with E-state index in [0.29, 0.717) is 17.6 Å². The van der Waals surface area contributed by atoms with Gasteiger partial charge in [-0.15, -0.1) is 0 Å². The molecular weight excluding hydrogens is 424 g/mol. The molecule has 1 amide bonds. The molecule has 34 heavy (non-hydrogen) atoms. The Kier molecular flexibility index (Phi) is 8.58. The summed E-state index contributed by atoms with van der Waals surface area (Å²) in [4.78, 5) is 33.4. The van der Waals surface area contributed by atoms with Gasteiger partial charge in [0.25, 0.3) is 11.5 Å². The number of anilines is 1. The van der Waals surface area contributed by atoms with E-state index in [9.17, 15) is 9.59 Å². The first-order valence-corrected chi connectivity index (χ1v) is 12.7. The molecule has 186 valence electrons. The largest absolute Gasteiger partial charge is 0.369 e. The summed E-state index contributed by atoms with van der Waals surface area (Å²) in [6, 6.07) is 7.33. The van der Waals surface area contributed by atoms with Crippen LogP contribution in [0.15, 0.2) is 23.0 Å². The molecule has 0 atom stereocenters. The zero-order valence-corrected chi connectivity index (χ0v) is 22.0. The molecule has 6 nitrogen and oxygen atoms in total. The number of aryl methyl sites for hydroxylation is 3. The summed E-state index contributed by atoms with van der Waals surface area (Å²) in [5.74, 6) is -0.117. The van der Waals surface area contributed by atoms with E-state index < -0.39 is 0 Å². The van der Waals surface area contributed by atoms with Crippen LogP contribution >= 0.6 is 0 Å². The van der Waals surface area contributed by atoms with Crippen molar-refractivity contribution in [1.29, 1.82) is 0 Å². The van der Waals surface area contributed by atoms with Crippen LogP contribution in [0, 0.1) is 20.8 Å². The molecule has 0 bridgehead atoms. The van der Waals surface area contributed by atoms with Crippen LogP contribution in [-0.4, -0.2) is 48.5 Å². The molecule has 0 unspecified atom stereocenters. The second-order valence-electron chi connectivity index (χ2n) is 10.0. The minimum absolute atomic E-state index is 0.117. The van der Waals surface area contributed by atoms with Crippen molar-refractivity contribution >= 4 is 11.6 Å². The third kappa shape index (κ3) is 5.72. The van der Waals surface area contributed by atoms with Crippen molar-refractivity contribution in [2.24, 2.45) is 0 Å². The van der Waals surface area contributed by atoms with Crippen LogP contribution in [0.1, 0.15) is 77.8 Å². The number of rotatable bonds is 8. The van der Waals surface area contributed by atoms with Crippen molar-refractivity contribution in [2.75, 3.05) is 25.5 Å². The van der Waals surface area contributed by atoms with Gasteiger partial charge in [0.15, 0.2) is 0 Å². The summed E-state index contributed by atoms with van der Waals surface area (Å²) in [5, 5.41) is 3.02. The minimum atomic E-state index is -0.135. The van der Waals surface area contributed by atoms with Crippen LogP contribution in [-0.2, 0) is 13.0 Å². The minimum Gasteiger partial charge on any atom is -0.369 e. The number of aromatic nitrogens is 1. The van der Waals surface area contributed by atoms with Crippen molar-refractivity contribution < 1.29 is 4.79 Å². The van der Waals surface area contributed by atoms with Crippen LogP contribution in [0.5, 0.6) is 0 Å². The number of H-pyrrole nitrogens is 1. The smallest absolute Gasteiger partial charge is 0.253 e. The van der Waals surface area contributed by atoms with E-state index in [1.807, 2.05) is 26.0 Å². The number of benzene rings is 1. The molecule has 0 radical (unpaired) electrons. The van der Waals surface area contributed by atoms with Crippen molar-refractivity contribution in [3.63, 3.8) is 0 Å². The van der Waals surface area contributed by atoms with E-state index in [1.54, 1.807) is 0 Å². The first-order chi connectivity index (χ1) is 16.2. The molecule has 1 aliphatic carbocycles. The second-order valence-corrected chi connectivity index (χ2v) is 10.0. The molecule has 1 aliphatic rings. The highest BCUT2D eigenvalue weighted by Crippen LogP contribution is 2.33. The fourth-order valence-electron chi connectivity index (χ4n) is 5.50. The molecular formula is C28H42N4O2. The first-order valence-electron chi connectivity index (χ1n) is 12.7. The Morgan fingerprint density at radius 1 is 1.00 bits per heavy atom. The second kappa shape index (κ2) is 11.2. The quantitative estimate of drug-likeness (QED) is 0.601. The predicted molar refractivity (Wildman–Crippen MR) is 141 cm³/mol. The van der Waals surface area contributed by atoms with Crippen LogP contribution in [0.4, 0.5) is 5.69 Å². The highest BCUT2D eigenvalue weighted by atomic mass is 16.1. The van der Waals surface area contributed by atoms with E-state index in [2.05, 4.69) is 61.0 Å². The molecule has 1 fully saturated rings. The summed E-state index contributed by atoms with van der Waals surface area (Å²) in [6.45, 7) is 11.3. The fourth-order valence-corrected chi connectivity index (χ4v) is 5.50. The Labute approximate surface area is 204 Å². The highest BCUT2D eigenvalue weighted by molar-refractivity contribution is 5.97. The van der Waals surface area contributed by atoms with Gasteiger partial charge in [-0.05, 0) is 109 Å². The molecule has 1 aromatic heterocycles. The Bertz CT molecular complexity index is 1060. The number of carbonyl (C=O) groups is 1. The topological polar surface area (TPSA) is 68.4 Å². The zero-order valence-electron chi connectivity index (χ0n) is 22.0. The molecule has 2 N–H and O–H groups in total. The number of amides is 1. The standard InChI is InChI=1S/C28H42N4O2/c1-8-23-24(27(33)29-17-25-19(4)16-20(5)30-28(25)34)14-18(3)15-26(23)32(9-2)22-12-10-21(11-13-22)31(6)7/h14-16,21-22H,8-13,17H2,1-7H3,(H,29,33)(H,30,34)/t21-,22+. The number of hydrogen-bond acceptors (Lipinski definition) is 4. The van der Waals surface area contributed by atoms with Crippen LogP contribution < -0.4 is 15.8 Å². The molecule has 1 aromatic carbocycles. The van der Waals surface area contributed by atoms with Gasteiger partial charge < -0.3 is 20.1 Å². The summed E-state index contributed by atoms with van der Waals surface area (Å²) in [6.07, 6.45) is 5.54. The van der Waals surface area contributed by atoms with Crippen molar-refractivity contribution in [2.45, 2.75) is 85.4 Å². The van der Waals surface area contributed by atoms with Gasteiger partial charge in [-0.3, -0.25) is 9.59 Å². The van der Waals surface area contributed by atoms with E-state index in [0.717, 1.165) is 40.9 Å². The summed E-state index contributed by atoms with van der Waals surface area (Å²) in [7, 11) is 4.35. The SMILES string of the molecule is CCc1c(C(=O)NCc2c(C)cc(C)[nH]c2=O)cc(C)cc1N(CC)[C@H]1CC[C@@H](N(C)C)CC1. The maximum absolute atomic E-state index is 13.3. The maximum atomic E-state index is 13.3. The lowest BCUT2D eigenvalue weighted by Crippen LogP contribution is -2.42. The molecule has 1 heterocycles.